The number of benzene rings is 3. The zero-order valence-electron chi connectivity index (χ0n) is 16.7. The van der Waals surface area contributed by atoms with Crippen LogP contribution in [0.2, 0.25) is 5.02 Å². The molecule has 0 unspecified atom stereocenters. The van der Waals surface area contributed by atoms with Crippen LogP contribution in [-0.4, -0.2) is 16.5 Å². The lowest BCUT2D eigenvalue weighted by Gasteiger charge is -2.25. The second-order valence-corrected chi connectivity index (χ2v) is 7.87. The molecule has 0 aliphatic carbocycles. The summed E-state index contributed by atoms with van der Waals surface area (Å²) in [4.78, 5) is 17.1. The summed E-state index contributed by atoms with van der Waals surface area (Å²) in [7, 11) is 0. The van der Waals surface area contributed by atoms with Gasteiger partial charge in [-0.15, -0.1) is 0 Å². The molecular formula is C24H21ClN2O3. The zero-order valence-corrected chi connectivity index (χ0v) is 17.4. The Hall–Kier alpha value is -3.31. The number of rotatable bonds is 6. The number of halogens is 1. The van der Waals surface area contributed by atoms with E-state index in [2.05, 4.69) is 10.3 Å². The van der Waals surface area contributed by atoms with Gasteiger partial charge < -0.3 is 14.5 Å². The highest BCUT2D eigenvalue weighted by Gasteiger charge is 2.29. The molecule has 1 N–H and O–H groups in total. The van der Waals surface area contributed by atoms with Gasteiger partial charge in [0.05, 0.1) is 0 Å². The first-order valence-corrected chi connectivity index (χ1v) is 9.96. The van der Waals surface area contributed by atoms with E-state index in [9.17, 15) is 4.79 Å². The van der Waals surface area contributed by atoms with Crippen molar-refractivity contribution in [3.05, 3.63) is 83.4 Å². The van der Waals surface area contributed by atoms with E-state index in [1.54, 1.807) is 38.1 Å². The number of nitrogens with zero attached hydrogens (tertiary/aromatic N) is 1. The van der Waals surface area contributed by atoms with Crippen molar-refractivity contribution in [3.8, 4) is 17.2 Å². The van der Waals surface area contributed by atoms with Gasteiger partial charge in [-0.3, -0.25) is 4.79 Å². The largest absolute Gasteiger partial charge is 0.478 e. The third kappa shape index (κ3) is 4.47. The first kappa shape index (κ1) is 20.0. The molecule has 0 radical (unpaired) electrons. The van der Waals surface area contributed by atoms with E-state index in [0.29, 0.717) is 23.2 Å². The lowest BCUT2D eigenvalue weighted by Crippen LogP contribution is -2.46. The number of hydrogen-bond acceptors (Lipinski definition) is 4. The summed E-state index contributed by atoms with van der Waals surface area (Å²) in [5.41, 5.74) is 2.41. The van der Waals surface area contributed by atoms with Crippen molar-refractivity contribution in [2.24, 2.45) is 0 Å². The Balaban J connectivity index is 1.38. The Morgan fingerprint density at radius 2 is 1.73 bits per heavy atom. The molecule has 6 heteroatoms. The monoisotopic (exact) mass is 420 g/mol. The Bertz CT molecular complexity index is 1130. The highest BCUT2D eigenvalue weighted by molar-refractivity contribution is 6.30. The van der Waals surface area contributed by atoms with Crippen LogP contribution in [0.5, 0.6) is 5.75 Å². The van der Waals surface area contributed by atoms with Gasteiger partial charge in [-0.1, -0.05) is 35.9 Å². The van der Waals surface area contributed by atoms with E-state index >= 15 is 0 Å². The van der Waals surface area contributed by atoms with E-state index in [1.807, 2.05) is 48.5 Å². The Labute approximate surface area is 179 Å². The van der Waals surface area contributed by atoms with Crippen LogP contribution in [0.3, 0.4) is 0 Å². The number of ether oxygens (including phenoxy) is 1. The number of nitrogens with one attached hydrogen (secondary N) is 1. The summed E-state index contributed by atoms with van der Waals surface area (Å²) >= 11 is 5.89. The molecule has 152 valence electrons. The third-order valence-electron chi connectivity index (χ3n) is 4.68. The Morgan fingerprint density at radius 3 is 2.43 bits per heavy atom. The third-order valence-corrected chi connectivity index (χ3v) is 4.93. The molecule has 0 aliphatic heterocycles. The van der Waals surface area contributed by atoms with Gasteiger partial charge in [0.2, 0.25) is 5.89 Å². The minimum Gasteiger partial charge on any atom is -0.478 e. The predicted octanol–water partition coefficient (Wildman–Crippen LogP) is 5.62. The second kappa shape index (κ2) is 8.20. The second-order valence-electron chi connectivity index (χ2n) is 7.43. The number of fused-ring (bicyclic) bond motifs is 1. The van der Waals surface area contributed by atoms with Crippen molar-refractivity contribution in [1.29, 1.82) is 0 Å². The number of oxazole rings is 1. The van der Waals surface area contributed by atoms with Crippen molar-refractivity contribution in [1.82, 2.24) is 10.3 Å². The van der Waals surface area contributed by atoms with E-state index < -0.39 is 5.60 Å². The minimum absolute atomic E-state index is 0.208. The molecule has 5 nitrogen and oxygen atoms in total. The van der Waals surface area contributed by atoms with Gasteiger partial charge in [0.1, 0.15) is 11.3 Å². The molecule has 1 aromatic heterocycles. The van der Waals surface area contributed by atoms with Crippen LogP contribution in [0.15, 0.2) is 77.2 Å². The topological polar surface area (TPSA) is 64.4 Å². The number of carbonyl (C=O) groups is 1. The summed E-state index contributed by atoms with van der Waals surface area (Å²) in [6, 6.07) is 22.3. The van der Waals surface area contributed by atoms with E-state index in [4.69, 9.17) is 20.8 Å². The average Bonchev–Trinajstić information content (AvgIpc) is 3.18. The molecule has 0 spiro atoms. The maximum absolute atomic E-state index is 12.6. The van der Waals surface area contributed by atoms with Crippen molar-refractivity contribution in [2.45, 2.75) is 26.0 Å². The zero-order chi connectivity index (χ0) is 21.1. The number of carbonyl (C=O) groups excluding carboxylic acids is 1. The Morgan fingerprint density at radius 1 is 1.03 bits per heavy atom. The van der Waals surface area contributed by atoms with E-state index in [-0.39, 0.29) is 5.91 Å². The van der Waals surface area contributed by atoms with Crippen LogP contribution in [0, 0.1) is 0 Å². The standard InChI is InChI=1S/C24H21ClN2O3/c1-24(2,30-19-13-11-18(25)12-14-19)23(28)26-15-16-7-9-17(10-8-16)22-27-20-5-3-4-6-21(20)29-22/h3-14H,15H2,1-2H3,(H,26,28). The molecule has 0 fully saturated rings. The molecule has 3 aromatic carbocycles. The summed E-state index contributed by atoms with van der Waals surface area (Å²) in [5.74, 6) is 0.951. The lowest BCUT2D eigenvalue weighted by molar-refractivity contribution is -0.134. The fourth-order valence-electron chi connectivity index (χ4n) is 3.00. The lowest BCUT2D eigenvalue weighted by atomic mass is 10.1. The number of hydrogen-bond donors (Lipinski definition) is 1. The van der Waals surface area contributed by atoms with Gasteiger partial charge in [0.15, 0.2) is 11.2 Å². The fraction of sp³-hybridized carbons (Fsp3) is 0.167. The molecule has 0 bridgehead atoms. The smallest absolute Gasteiger partial charge is 0.263 e. The van der Waals surface area contributed by atoms with Crippen molar-refractivity contribution < 1.29 is 13.9 Å². The van der Waals surface area contributed by atoms with Crippen LogP contribution >= 0.6 is 11.6 Å². The highest BCUT2D eigenvalue weighted by Crippen LogP contribution is 2.24. The molecule has 0 saturated carbocycles. The summed E-state index contributed by atoms with van der Waals surface area (Å²) < 4.78 is 11.6. The molecule has 4 rings (SSSR count). The molecule has 0 aliphatic rings. The number of para-hydroxylation sites is 2. The van der Waals surface area contributed by atoms with Gasteiger partial charge in [0, 0.05) is 17.1 Å². The van der Waals surface area contributed by atoms with Gasteiger partial charge >= 0.3 is 0 Å². The van der Waals surface area contributed by atoms with E-state index in [0.717, 1.165) is 22.2 Å². The van der Waals surface area contributed by atoms with Crippen LogP contribution in [0.4, 0.5) is 0 Å². The maximum Gasteiger partial charge on any atom is 0.263 e. The molecule has 30 heavy (non-hydrogen) atoms. The minimum atomic E-state index is -1.02. The molecule has 1 heterocycles. The van der Waals surface area contributed by atoms with Gasteiger partial charge in [-0.05, 0) is 67.9 Å². The number of amides is 1. The van der Waals surface area contributed by atoms with Crippen molar-refractivity contribution >= 4 is 28.6 Å². The first-order chi connectivity index (χ1) is 14.4. The van der Waals surface area contributed by atoms with Crippen LogP contribution < -0.4 is 10.1 Å². The molecule has 1 amide bonds. The normalized spacial score (nSPS) is 11.4. The fourth-order valence-corrected chi connectivity index (χ4v) is 3.13. The van der Waals surface area contributed by atoms with Crippen LogP contribution in [0.25, 0.3) is 22.6 Å². The summed E-state index contributed by atoms with van der Waals surface area (Å²) in [5, 5.41) is 3.54. The van der Waals surface area contributed by atoms with Crippen molar-refractivity contribution in [2.75, 3.05) is 0 Å². The predicted molar refractivity (Wildman–Crippen MR) is 117 cm³/mol. The quantitative estimate of drug-likeness (QED) is 0.439. The molecular weight excluding hydrogens is 400 g/mol. The first-order valence-electron chi connectivity index (χ1n) is 9.58. The van der Waals surface area contributed by atoms with Gasteiger partial charge in [-0.25, -0.2) is 4.98 Å². The van der Waals surface area contributed by atoms with Crippen LogP contribution in [0.1, 0.15) is 19.4 Å². The van der Waals surface area contributed by atoms with Gasteiger partial charge in [-0.2, -0.15) is 0 Å². The van der Waals surface area contributed by atoms with E-state index in [1.165, 1.54) is 0 Å². The summed E-state index contributed by atoms with van der Waals surface area (Å²) in [6.45, 7) is 3.85. The van der Waals surface area contributed by atoms with Crippen LogP contribution in [-0.2, 0) is 11.3 Å². The molecule has 0 atom stereocenters. The van der Waals surface area contributed by atoms with Crippen molar-refractivity contribution in [3.63, 3.8) is 0 Å². The molecule has 4 aromatic rings. The average molecular weight is 421 g/mol. The SMILES string of the molecule is CC(C)(Oc1ccc(Cl)cc1)C(=O)NCc1ccc(-c2nc3ccccc3o2)cc1. The Kier molecular flexibility index (Phi) is 5.46. The molecule has 0 saturated heterocycles. The highest BCUT2D eigenvalue weighted by atomic mass is 35.5. The number of aromatic nitrogens is 1. The summed E-state index contributed by atoms with van der Waals surface area (Å²) in [6.07, 6.45) is 0. The maximum atomic E-state index is 12.6. The van der Waals surface area contributed by atoms with Gasteiger partial charge in [0.25, 0.3) is 5.91 Å².